The number of hydrogen-bond donors (Lipinski definition) is 1. The summed E-state index contributed by atoms with van der Waals surface area (Å²) in [4.78, 5) is 18.3. The molecule has 0 aliphatic rings. The lowest BCUT2D eigenvalue weighted by Gasteiger charge is -2.19. The third-order valence-corrected chi connectivity index (χ3v) is 3.43. The first-order chi connectivity index (χ1) is 11.0. The van der Waals surface area contributed by atoms with Gasteiger partial charge in [-0.3, -0.25) is 4.79 Å². The van der Waals surface area contributed by atoms with Crippen molar-refractivity contribution >= 4 is 5.91 Å². The zero-order valence-corrected chi connectivity index (χ0v) is 13.7. The Morgan fingerprint density at radius 2 is 1.96 bits per heavy atom. The van der Waals surface area contributed by atoms with Gasteiger partial charge in [-0.2, -0.15) is 0 Å². The largest absolute Gasteiger partial charge is 0.504 e. The van der Waals surface area contributed by atoms with E-state index in [9.17, 15) is 9.90 Å². The van der Waals surface area contributed by atoms with Gasteiger partial charge in [-0.25, -0.2) is 4.98 Å². The van der Waals surface area contributed by atoms with Crippen LogP contribution in [0.4, 0.5) is 0 Å². The fraction of sp³-hybridized carbons (Fsp3) is 0.294. The SMILES string of the molecule is COc1ccc(CN(C)C(=O)c2ccc(C)nc2OC)cc1O. The lowest BCUT2D eigenvalue weighted by Crippen LogP contribution is -2.26. The van der Waals surface area contributed by atoms with E-state index in [1.54, 1.807) is 37.4 Å². The van der Waals surface area contributed by atoms with Gasteiger partial charge in [0.15, 0.2) is 11.5 Å². The molecule has 1 heterocycles. The monoisotopic (exact) mass is 316 g/mol. The van der Waals surface area contributed by atoms with E-state index < -0.39 is 0 Å². The molecular weight excluding hydrogens is 296 g/mol. The maximum atomic E-state index is 12.6. The van der Waals surface area contributed by atoms with Crippen LogP contribution in [0.5, 0.6) is 17.4 Å². The van der Waals surface area contributed by atoms with E-state index in [1.165, 1.54) is 19.1 Å². The molecule has 0 saturated carbocycles. The molecule has 1 aromatic carbocycles. The molecule has 0 spiro atoms. The number of methoxy groups -OCH3 is 2. The molecule has 6 heteroatoms. The van der Waals surface area contributed by atoms with Crippen molar-refractivity contribution < 1.29 is 19.4 Å². The quantitative estimate of drug-likeness (QED) is 0.917. The molecule has 1 amide bonds. The minimum atomic E-state index is -0.204. The first-order valence-corrected chi connectivity index (χ1v) is 7.09. The normalized spacial score (nSPS) is 10.3. The minimum absolute atomic E-state index is 0.0421. The van der Waals surface area contributed by atoms with E-state index in [0.717, 1.165) is 11.3 Å². The van der Waals surface area contributed by atoms with Crippen LogP contribution in [0, 0.1) is 6.92 Å². The van der Waals surface area contributed by atoms with Gasteiger partial charge in [0.1, 0.15) is 5.56 Å². The number of benzene rings is 1. The summed E-state index contributed by atoms with van der Waals surface area (Å²) in [7, 11) is 4.66. The summed E-state index contributed by atoms with van der Waals surface area (Å²) < 4.78 is 10.2. The number of carbonyl (C=O) groups is 1. The summed E-state index contributed by atoms with van der Waals surface area (Å²) in [5, 5.41) is 9.81. The van der Waals surface area contributed by atoms with Gasteiger partial charge in [-0.05, 0) is 36.8 Å². The summed E-state index contributed by atoms with van der Waals surface area (Å²) >= 11 is 0. The summed E-state index contributed by atoms with van der Waals surface area (Å²) in [6, 6.07) is 8.51. The Kier molecular flexibility index (Phi) is 5.05. The minimum Gasteiger partial charge on any atom is -0.504 e. The Balaban J connectivity index is 2.19. The fourth-order valence-corrected chi connectivity index (χ4v) is 2.24. The maximum Gasteiger partial charge on any atom is 0.259 e. The average molecular weight is 316 g/mol. The van der Waals surface area contributed by atoms with Gasteiger partial charge in [0.2, 0.25) is 5.88 Å². The van der Waals surface area contributed by atoms with Crippen LogP contribution in [0.2, 0.25) is 0 Å². The van der Waals surface area contributed by atoms with Crippen LogP contribution in [-0.2, 0) is 6.54 Å². The highest BCUT2D eigenvalue weighted by atomic mass is 16.5. The first kappa shape index (κ1) is 16.6. The van der Waals surface area contributed by atoms with E-state index in [4.69, 9.17) is 9.47 Å². The number of aromatic hydroxyl groups is 1. The van der Waals surface area contributed by atoms with Crippen LogP contribution in [0.25, 0.3) is 0 Å². The Bertz CT molecular complexity index is 716. The van der Waals surface area contributed by atoms with Gasteiger partial charge in [-0.1, -0.05) is 6.07 Å². The highest BCUT2D eigenvalue weighted by Gasteiger charge is 2.18. The number of phenolic OH excluding ortho intramolecular Hbond substituents is 1. The number of aromatic nitrogens is 1. The maximum absolute atomic E-state index is 12.6. The molecule has 6 nitrogen and oxygen atoms in total. The van der Waals surface area contributed by atoms with Crippen molar-refractivity contribution in [1.29, 1.82) is 0 Å². The van der Waals surface area contributed by atoms with Crippen LogP contribution in [0.3, 0.4) is 0 Å². The molecule has 23 heavy (non-hydrogen) atoms. The first-order valence-electron chi connectivity index (χ1n) is 7.09. The standard InChI is InChI=1S/C17H20N2O4/c1-11-5-7-13(16(18-11)23-4)17(21)19(2)10-12-6-8-15(22-3)14(20)9-12/h5-9,20H,10H2,1-4H3. The number of hydrogen-bond acceptors (Lipinski definition) is 5. The molecule has 0 unspecified atom stereocenters. The zero-order valence-electron chi connectivity index (χ0n) is 13.7. The second-order valence-corrected chi connectivity index (χ2v) is 5.18. The van der Waals surface area contributed by atoms with Crippen molar-refractivity contribution in [1.82, 2.24) is 9.88 Å². The number of rotatable bonds is 5. The Labute approximate surface area is 135 Å². The van der Waals surface area contributed by atoms with Gasteiger partial charge < -0.3 is 19.5 Å². The van der Waals surface area contributed by atoms with Crippen molar-refractivity contribution in [2.24, 2.45) is 0 Å². The van der Waals surface area contributed by atoms with Crippen LogP contribution in [0.15, 0.2) is 30.3 Å². The number of carbonyl (C=O) groups excluding carboxylic acids is 1. The molecule has 0 aliphatic carbocycles. The molecule has 0 radical (unpaired) electrons. The smallest absolute Gasteiger partial charge is 0.259 e. The van der Waals surface area contributed by atoms with Gasteiger partial charge in [0.25, 0.3) is 5.91 Å². The van der Waals surface area contributed by atoms with Crippen molar-refractivity contribution in [2.75, 3.05) is 21.3 Å². The third kappa shape index (κ3) is 3.71. The third-order valence-electron chi connectivity index (χ3n) is 3.43. The highest BCUT2D eigenvalue weighted by molar-refractivity contribution is 5.96. The number of nitrogens with zero attached hydrogens (tertiary/aromatic N) is 2. The Morgan fingerprint density at radius 3 is 2.57 bits per heavy atom. The number of phenols is 1. The second-order valence-electron chi connectivity index (χ2n) is 5.18. The molecule has 0 atom stereocenters. The average Bonchev–Trinajstić information content (AvgIpc) is 2.54. The predicted octanol–water partition coefficient (Wildman–Crippen LogP) is 2.39. The molecule has 2 aromatic rings. The number of amides is 1. The molecule has 0 bridgehead atoms. The van der Waals surface area contributed by atoms with Crippen LogP contribution in [-0.4, -0.2) is 42.2 Å². The molecule has 1 aromatic heterocycles. The van der Waals surface area contributed by atoms with Crippen molar-refractivity contribution in [3.63, 3.8) is 0 Å². The molecular formula is C17H20N2O4. The molecule has 0 fully saturated rings. The molecule has 0 aliphatic heterocycles. The number of ether oxygens (including phenoxy) is 2. The van der Waals surface area contributed by atoms with Crippen molar-refractivity contribution in [3.8, 4) is 17.4 Å². The van der Waals surface area contributed by atoms with Gasteiger partial charge in [0.05, 0.1) is 14.2 Å². The highest BCUT2D eigenvalue weighted by Crippen LogP contribution is 2.27. The van der Waals surface area contributed by atoms with E-state index in [2.05, 4.69) is 4.98 Å². The Morgan fingerprint density at radius 1 is 1.22 bits per heavy atom. The zero-order chi connectivity index (χ0) is 17.0. The summed E-state index contributed by atoms with van der Waals surface area (Å²) in [6.07, 6.45) is 0. The Hall–Kier alpha value is -2.76. The second kappa shape index (κ2) is 7.00. The summed E-state index contributed by atoms with van der Waals surface area (Å²) in [6.45, 7) is 2.17. The van der Waals surface area contributed by atoms with Crippen LogP contribution < -0.4 is 9.47 Å². The topological polar surface area (TPSA) is 71.9 Å². The molecule has 122 valence electrons. The van der Waals surface area contributed by atoms with Crippen LogP contribution >= 0.6 is 0 Å². The van der Waals surface area contributed by atoms with E-state index >= 15 is 0 Å². The number of aryl methyl sites for hydroxylation is 1. The molecule has 1 N–H and O–H groups in total. The predicted molar refractivity (Wildman–Crippen MR) is 86.0 cm³/mol. The molecule has 0 saturated heterocycles. The van der Waals surface area contributed by atoms with Crippen LogP contribution in [0.1, 0.15) is 21.6 Å². The number of pyridine rings is 1. The van der Waals surface area contributed by atoms with Gasteiger partial charge in [-0.15, -0.1) is 0 Å². The van der Waals surface area contributed by atoms with Crippen molar-refractivity contribution in [2.45, 2.75) is 13.5 Å². The summed E-state index contributed by atoms with van der Waals surface area (Å²) in [5.41, 5.74) is 1.97. The molecule has 2 rings (SSSR count). The van der Waals surface area contributed by atoms with Crippen molar-refractivity contribution in [3.05, 3.63) is 47.2 Å². The fourth-order valence-electron chi connectivity index (χ4n) is 2.24. The lowest BCUT2D eigenvalue weighted by molar-refractivity contribution is 0.0780. The van der Waals surface area contributed by atoms with E-state index in [0.29, 0.717) is 23.7 Å². The van der Waals surface area contributed by atoms with Gasteiger partial charge >= 0.3 is 0 Å². The van der Waals surface area contributed by atoms with E-state index in [1.807, 2.05) is 6.92 Å². The van der Waals surface area contributed by atoms with E-state index in [-0.39, 0.29) is 11.7 Å². The van der Waals surface area contributed by atoms with Gasteiger partial charge in [0, 0.05) is 19.3 Å². The summed E-state index contributed by atoms with van der Waals surface area (Å²) in [5.74, 6) is 0.539. The lowest BCUT2D eigenvalue weighted by atomic mass is 10.1.